The highest BCUT2D eigenvalue weighted by Gasteiger charge is 2.24. The maximum atomic E-state index is 13.7. The quantitative estimate of drug-likeness (QED) is 0.402. The van der Waals surface area contributed by atoms with Gasteiger partial charge in [-0.25, -0.2) is 0 Å². The minimum Gasteiger partial charge on any atom is -0.345 e. The zero-order valence-electron chi connectivity index (χ0n) is 17.3. The van der Waals surface area contributed by atoms with Gasteiger partial charge in [-0.15, -0.1) is 0 Å². The number of benzene rings is 1. The van der Waals surface area contributed by atoms with Crippen LogP contribution in [0.1, 0.15) is 26.3 Å². The molecule has 5 nitrogen and oxygen atoms in total. The second-order valence-corrected chi connectivity index (χ2v) is 7.74. The fraction of sp³-hybridized carbons (Fsp3) is 0.0769. The zero-order chi connectivity index (χ0) is 21.5. The van der Waals surface area contributed by atoms with E-state index in [1.165, 1.54) is 4.90 Å². The summed E-state index contributed by atoms with van der Waals surface area (Å²) in [6, 6.07) is 21.3. The van der Waals surface area contributed by atoms with E-state index >= 15 is 0 Å². The summed E-state index contributed by atoms with van der Waals surface area (Å²) in [7, 11) is 3.38. The van der Waals surface area contributed by atoms with Crippen LogP contribution in [0.2, 0.25) is 0 Å². The summed E-state index contributed by atoms with van der Waals surface area (Å²) in [4.78, 5) is 28.0. The van der Waals surface area contributed by atoms with E-state index in [1.807, 2.05) is 77.6 Å². The molecule has 0 radical (unpaired) electrons. The van der Waals surface area contributed by atoms with Crippen molar-refractivity contribution in [3.8, 4) is 11.1 Å². The van der Waals surface area contributed by atoms with E-state index in [-0.39, 0.29) is 11.7 Å². The Bertz CT molecular complexity index is 1460. The number of ketones is 1. The van der Waals surface area contributed by atoms with Gasteiger partial charge in [-0.1, -0.05) is 30.3 Å². The fourth-order valence-corrected chi connectivity index (χ4v) is 4.03. The summed E-state index contributed by atoms with van der Waals surface area (Å²) in [5, 5.41) is 0. The molecule has 0 aliphatic rings. The van der Waals surface area contributed by atoms with Crippen LogP contribution in [-0.4, -0.2) is 39.5 Å². The van der Waals surface area contributed by atoms with Crippen molar-refractivity contribution in [2.75, 3.05) is 14.1 Å². The van der Waals surface area contributed by atoms with Gasteiger partial charge in [-0.05, 0) is 42.0 Å². The molecule has 0 saturated heterocycles. The number of fused-ring (bicyclic) bond motifs is 2. The Hall–Kier alpha value is -4.12. The number of hydrogen-bond acceptors (Lipinski definition) is 2. The first-order chi connectivity index (χ1) is 15.0. The molecule has 5 heteroatoms. The third-order valence-corrected chi connectivity index (χ3v) is 5.55. The largest absolute Gasteiger partial charge is 0.345 e. The standard InChI is InChI=1S/C26H21N3O2/c1-27(2)26(31)21-17-29-14-6-4-11-23(29)24(21)25(30)19-9-7-8-18(16-19)20-12-15-28-13-5-3-10-22(20)28/h3-17H,1-2H3. The van der Waals surface area contributed by atoms with Crippen LogP contribution in [0.3, 0.4) is 0 Å². The smallest absolute Gasteiger partial charge is 0.255 e. The normalized spacial score (nSPS) is 11.2. The molecule has 0 N–H and O–H groups in total. The van der Waals surface area contributed by atoms with Crippen LogP contribution < -0.4 is 0 Å². The first-order valence-corrected chi connectivity index (χ1v) is 10.1. The van der Waals surface area contributed by atoms with Crippen LogP contribution in [-0.2, 0) is 0 Å². The molecule has 0 atom stereocenters. The van der Waals surface area contributed by atoms with E-state index in [0.29, 0.717) is 16.7 Å². The Kier molecular flexibility index (Phi) is 4.44. The molecule has 5 rings (SSSR count). The molecule has 31 heavy (non-hydrogen) atoms. The van der Waals surface area contributed by atoms with Gasteiger partial charge in [0.25, 0.3) is 5.91 Å². The monoisotopic (exact) mass is 407 g/mol. The second-order valence-electron chi connectivity index (χ2n) is 7.74. The van der Waals surface area contributed by atoms with Crippen molar-refractivity contribution in [3.63, 3.8) is 0 Å². The summed E-state index contributed by atoms with van der Waals surface area (Å²) in [6.45, 7) is 0. The van der Waals surface area contributed by atoms with Crippen LogP contribution in [0.25, 0.3) is 22.2 Å². The van der Waals surface area contributed by atoms with Gasteiger partial charge in [-0.2, -0.15) is 0 Å². The maximum absolute atomic E-state index is 13.7. The molecule has 1 amide bonds. The Balaban J connectivity index is 1.65. The van der Waals surface area contributed by atoms with E-state index < -0.39 is 0 Å². The highest BCUT2D eigenvalue weighted by molar-refractivity contribution is 6.19. The number of carbonyl (C=O) groups is 2. The highest BCUT2D eigenvalue weighted by atomic mass is 16.2. The highest BCUT2D eigenvalue weighted by Crippen LogP contribution is 2.29. The summed E-state index contributed by atoms with van der Waals surface area (Å²) in [5.74, 6) is -0.356. The van der Waals surface area contributed by atoms with E-state index in [4.69, 9.17) is 0 Å². The number of pyridine rings is 2. The minimum atomic E-state index is -0.193. The topological polar surface area (TPSA) is 46.2 Å². The fourth-order valence-electron chi connectivity index (χ4n) is 4.03. The van der Waals surface area contributed by atoms with Crippen molar-refractivity contribution in [2.45, 2.75) is 0 Å². The lowest BCUT2D eigenvalue weighted by Crippen LogP contribution is -2.23. The maximum Gasteiger partial charge on any atom is 0.255 e. The Morgan fingerprint density at radius 3 is 2.29 bits per heavy atom. The second kappa shape index (κ2) is 7.29. The molecule has 152 valence electrons. The van der Waals surface area contributed by atoms with Gasteiger partial charge in [0.2, 0.25) is 0 Å². The molecule has 4 heterocycles. The lowest BCUT2D eigenvalue weighted by Gasteiger charge is -2.11. The molecule has 0 aliphatic heterocycles. The number of carbonyl (C=O) groups excluding carboxylic acids is 2. The van der Waals surface area contributed by atoms with E-state index in [9.17, 15) is 9.59 Å². The molecule has 0 fully saturated rings. The Labute approximate surface area is 179 Å². The van der Waals surface area contributed by atoms with Gasteiger partial charge < -0.3 is 13.7 Å². The van der Waals surface area contributed by atoms with Crippen molar-refractivity contribution < 1.29 is 9.59 Å². The van der Waals surface area contributed by atoms with Crippen LogP contribution in [0.15, 0.2) is 91.5 Å². The molecule has 5 aromatic rings. The zero-order valence-corrected chi connectivity index (χ0v) is 17.3. The van der Waals surface area contributed by atoms with Gasteiger partial charge in [0.15, 0.2) is 5.78 Å². The molecular formula is C26H21N3O2. The molecular weight excluding hydrogens is 386 g/mol. The van der Waals surface area contributed by atoms with Crippen LogP contribution in [0.4, 0.5) is 0 Å². The first-order valence-electron chi connectivity index (χ1n) is 10.1. The summed E-state index contributed by atoms with van der Waals surface area (Å²) in [6.07, 6.45) is 7.59. The number of hydrogen-bond donors (Lipinski definition) is 0. The molecule has 4 aromatic heterocycles. The van der Waals surface area contributed by atoms with E-state index in [2.05, 4.69) is 10.5 Å². The average molecular weight is 407 g/mol. The SMILES string of the molecule is CN(C)C(=O)c1cn2ccccc2c1C(=O)c1cccc(-c2ccn3ccccc23)c1. The minimum absolute atomic E-state index is 0.163. The van der Waals surface area contributed by atoms with Gasteiger partial charge in [0, 0.05) is 50.0 Å². The molecule has 0 unspecified atom stereocenters. The first kappa shape index (κ1) is 18.9. The summed E-state index contributed by atoms with van der Waals surface area (Å²) >= 11 is 0. The van der Waals surface area contributed by atoms with Gasteiger partial charge in [-0.3, -0.25) is 9.59 Å². The van der Waals surface area contributed by atoms with Crippen LogP contribution in [0.5, 0.6) is 0 Å². The number of amides is 1. The van der Waals surface area contributed by atoms with Crippen LogP contribution >= 0.6 is 0 Å². The lowest BCUT2D eigenvalue weighted by atomic mass is 9.96. The van der Waals surface area contributed by atoms with Gasteiger partial charge >= 0.3 is 0 Å². The third kappa shape index (κ3) is 3.11. The van der Waals surface area contributed by atoms with E-state index in [1.54, 1.807) is 26.4 Å². The number of nitrogens with zero attached hydrogens (tertiary/aromatic N) is 3. The molecule has 0 bridgehead atoms. The lowest BCUT2D eigenvalue weighted by molar-refractivity contribution is 0.0822. The predicted molar refractivity (Wildman–Crippen MR) is 122 cm³/mol. The number of aromatic nitrogens is 2. The third-order valence-electron chi connectivity index (χ3n) is 5.55. The molecule has 0 aliphatic carbocycles. The Morgan fingerprint density at radius 2 is 1.52 bits per heavy atom. The van der Waals surface area contributed by atoms with E-state index in [0.717, 1.165) is 22.2 Å². The van der Waals surface area contributed by atoms with Crippen molar-refractivity contribution in [1.82, 2.24) is 13.7 Å². The average Bonchev–Trinajstić information content (AvgIpc) is 3.40. The predicted octanol–water partition coefficient (Wildman–Crippen LogP) is 4.79. The Morgan fingerprint density at radius 1 is 0.774 bits per heavy atom. The molecule has 0 saturated carbocycles. The van der Waals surface area contributed by atoms with Crippen molar-refractivity contribution in [2.24, 2.45) is 0 Å². The van der Waals surface area contributed by atoms with Gasteiger partial charge in [0.05, 0.1) is 22.2 Å². The number of rotatable bonds is 4. The molecule has 0 spiro atoms. The van der Waals surface area contributed by atoms with Crippen molar-refractivity contribution in [1.29, 1.82) is 0 Å². The molecule has 1 aromatic carbocycles. The van der Waals surface area contributed by atoms with Crippen molar-refractivity contribution >= 4 is 22.7 Å². The van der Waals surface area contributed by atoms with Crippen LogP contribution in [0, 0.1) is 0 Å². The summed E-state index contributed by atoms with van der Waals surface area (Å²) < 4.78 is 3.88. The summed E-state index contributed by atoms with van der Waals surface area (Å²) in [5.41, 5.74) is 5.20. The van der Waals surface area contributed by atoms with Crippen molar-refractivity contribution in [3.05, 3.63) is 108 Å². The van der Waals surface area contributed by atoms with Gasteiger partial charge in [0.1, 0.15) is 0 Å².